The van der Waals surface area contributed by atoms with E-state index in [4.69, 9.17) is 9.72 Å². The number of ether oxygens (including phenoxy) is 1. The minimum atomic E-state index is -0.463. The number of hydrogen-bond donors (Lipinski definition) is 3. The van der Waals surface area contributed by atoms with Crippen LogP contribution in [0.15, 0.2) is 34.5 Å². The number of aromatic nitrogens is 6. The standard InChI is InChI=1S/C30H40N10O2/c1-9-11-12-20(10-2)42-28(41)32-19-15-13-18(14-16-19)25-33-27-22(24(30(6,7)8)38-40(27)39-25)34-36-26-21(17-31)23(35-37-26)29(3,4)5/h13-16,20,38H,9-12H2,1-8H3,(H,32,41)(H,35,37). The molecule has 1 unspecified atom stereocenters. The van der Waals surface area contributed by atoms with Gasteiger partial charge in [0.15, 0.2) is 11.5 Å². The fourth-order valence-electron chi connectivity index (χ4n) is 4.48. The summed E-state index contributed by atoms with van der Waals surface area (Å²) in [4.78, 5) is 17.1. The second-order valence-corrected chi connectivity index (χ2v) is 12.4. The lowest BCUT2D eigenvalue weighted by atomic mass is 9.90. The van der Waals surface area contributed by atoms with E-state index in [1.165, 1.54) is 0 Å². The zero-order chi connectivity index (χ0) is 30.7. The van der Waals surface area contributed by atoms with E-state index in [-0.39, 0.29) is 22.8 Å². The quantitative estimate of drug-likeness (QED) is 0.173. The van der Waals surface area contributed by atoms with E-state index in [9.17, 15) is 10.1 Å². The number of nitrogens with one attached hydrogen (secondary N) is 3. The third-order valence-electron chi connectivity index (χ3n) is 6.88. The van der Waals surface area contributed by atoms with Crippen LogP contribution in [0.2, 0.25) is 0 Å². The molecular formula is C30H40N10O2. The predicted molar refractivity (Wildman–Crippen MR) is 161 cm³/mol. The highest BCUT2D eigenvalue weighted by Gasteiger charge is 2.27. The first-order chi connectivity index (χ1) is 19.8. The highest BCUT2D eigenvalue weighted by molar-refractivity contribution is 5.85. The number of fused-ring (bicyclic) bond motifs is 1. The summed E-state index contributed by atoms with van der Waals surface area (Å²) in [6.07, 6.45) is 3.17. The van der Waals surface area contributed by atoms with Crippen molar-refractivity contribution >= 4 is 28.9 Å². The lowest BCUT2D eigenvalue weighted by Crippen LogP contribution is -2.22. The molecule has 0 saturated carbocycles. The minimum Gasteiger partial charge on any atom is -0.446 e. The zero-order valence-electron chi connectivity index (χ0n) is 25.7. The average molecular weight is 573 g/mol. The molecule has 222 valence electrons. The fraction of sp³-hybridized carbons (Fsp3) is 0.500. The Kier molecular flexibility index (Phi) is 8.80. The first-order valence-electron chi connectivity index (χ1n) is 14.3. The van der Waals surface area contributed by atoms with Crippen LogP contribution in [0.4, 0.5) is 22.0 Å². The molecule has 4 aromatic rings. The van der Waals surface area contributed by atoms with Gasteiger partial charge < -0.3 is 4.74 Å². The van der Waals surface area contributed by atoms with Crippen LogP contribution in [0.3, 0.4) is 0 Å². The van der Waals surface area contributed by atoms with Gasteiger partial charge in [0.05, 0.1) is 11.4 Å². The van der Waals surface area contributed by atoms with Gasteiger partial charge in [-0.3, -0.25) is 15.5 Å². The second-order valence-electron chi connectivity index (χ2n) is 12.4. The maximum Gasteiger partial charge on any atom is 0.411 e. The van der Waals surface area contributed by atoms with Crippen molar-refractivity contribution in [2.45, 2.75) is 98.0 Å². The molecular weight excluding hydrogens is 532 g/mol. The average Bonchev–Trinajstić information content (AvgIpc) is 3.62. The van der Waals surface area contributed by atoms with Crippen LogP contribution in [0, 0.1) is 11.3 Å². The Morgan fingerprint density at radius 3 is 2.38 bits per heavy atom. The molecule has 4 rings (SSSR count). The van der Waals surface area contributed by atoms with E-state index >= 15 is 0 Å². The van der Waals surface area contributed by atoms with Gasteiger partial charge in [0.2, 0.25) is 11.5 Å². The first-order valence-corrected chi connectivity index (χ1v) is 14.3. The number of nitriles is 1. The summed E-state index contributed by atoms with van der Waals surface area (Å²) in [6.45, 7) is 16.3. The molecule has 1 amide bonds. The van der Waals surface area contributed by atoms with Gasteiger partial charge in [0.1, 0.15) is 17.7 Å². The third kappa shape index (κ3) is 6.67. The molecule has 0 saturated heterocycles. The Hall–Kier alpha value is -4.53. The molecule has 3 aromatic heterocycles. The summed E-state index contributed by atoms with van der Waals surface area (Å²) in [5.41, 5.74) is 3.62. The Bertz CT molecular complexity index is 1600. The van der Waals surface area contributed by atoms with E-state index in [1.54, 1.807) is 16.8 Å². The van der Waals surface area contributed by atoms with Crippen molar-refractivity contribution in [2.24, 2.45) is 10.2 Å². The van der Waals surface area contributed by atoms with E-state index in [2.05, 4.69) is 69.7 Å². The summed E-state index contributed by atoms with van der Waals surface area (Å²) >= 11 is 0. The van der Waals surface area contributed by atoms with Gasteiger partial charge in [-0.2, -0.15) is 15.0 Å². The van der Waals surface area contributed by atoms with Crippen LogP contribution in [0.5, 0.6) is 0 Å². The van der Waals surface area contributed by atoms with Crippen molar-refractivity contribution in [1.29, 1.82) is 5.26 Å². The van der Waals surface area contributed by atoms with Crippen molar-refractivity contribution in [2.75, 3.05) is 5.32 Å². The maximum atomic E-state index is 12.4. The monoisotopic (exact) mass is 572 g/mol. The highest BCUT2D eigenvalue weighted by atomic mass is 16.6. The fourth-order valence-corrected chi connectivity index (χ4v) is 4.48. The van der Waals surface area contributed by atoms with Crippen LogP contribution >= 0.6 is 0 Å². The van der Waals surface area contributed by atoms with Crippen LogP contribution in [0.25, 0.3) is 17.0 Å². The number of rotatable bonds is 9. The Balaban J connectivity index is 1.60. The number of azo groups is 1. The third-order valence-corrected chi connectivity index (χ3v) is 6.88. The molecule has 0 radical (unpaired) electrons. The number of unbranched alkanes of at least 4 members (excludes halogenated alkanes) is 1. The van der Waals surface area contributed by atoms with Crippen molar-refractivity contribution in [3.63, 3.8) is 0 Å². The van der Waals surface area contributed by atoms with E-state index in [0.29, 0.717) is 34.1 Å². The molecule has 42 heavy (non-hydrogen) atoms. The lowest BCUT2D eigenvalue weighted by molar-refractivity contribution is 0.101. The molecule has 1 aromatic carbocycles. The Morgan fingerprint density at radius 2 is 1.79 bits per heavy atom. The molecule has 3 N–H and O–H groups in total. The van der Waals surface area contributed by atoms with Crippen LogP contribution < -0.4 is 5.32 Å². The number of nitrogens with zero attached hydrogens (tertiary/aromatic N) is 7. The molecule has 3 heterocycles. The Labute approximate surface area is 246 Å². The molecule has 12 nitrogen and oxygen atoms in total. The van der Waals surface area contributed by atoms with Gasteiger partial charge in [-0.15, -0.1) is 15.3 Å². The molecule has 0 spiro atoms. The number of aromatic amines is 2. The first kappa shape index (κ1) is 30.4. The van der Waals surface area contributed by atoms with Crippen molar-refractivity contribution < 1.29 is 9.53 Å². The van der Waals surface area contributed by atoms with Crippen LogP contribution in [0.1, 0.15) is 98.0 Å². The predicted octanol–water partition coefficient (Wildman–Crippen LogP) is 7.85. The molecule has 0 aliphatic heterocycles. The smallest absolute Gasteiger partial charge is 0.411 e. The molecule has 1 atom stereocenters. The van der Waals surface area contributed by atoms with Gasteiger partial charge in [-0.1, -0.05) is 68.2 Å². The number of H-pyrrole nitrogens is 2. The highest BCUT2D eigenvalue weighted by Crippen LogP contribution is 2.36. The number of carbonyl (C=O) groups is 1. The van der Waals surface area contributed by atoms with Crippen molar-refractivity contribution in [1.82, 2.24) is 30.0 Å². The molecule has 0 aliphatic rings. The maximum absolute atomic E-state index is 12.4. The van der Waals surface area contributed by atoms with Crippen molar-refractivity contribution in [3.8, 4) is 17.5 Å². The summed E-state index contributed by atoms with van der Waals surface area (Å²) in [5.74, 6) is 0.698. The molecule has 0 bridgehead atoms. The van der Waals surface area contributed by atoms with Gasteiger partial charge >= 0.3 is 6.09 Å². The van der Waals surface area contributed by atoms with Crippen LogP contribution in [-0.4, -0.2) is 42.2 Å². The van der Waals surface area contributed by atoms with Crippen LogP contribution in [-0.2, 0) is 15.6 Å². The summed E-state index contributed by atoms with van der Waals surface area (Å²) in [7, 11) is 0. The lowest BCUT2D eigenvalue weighted by Gasteiger charge is -2.16. The zero-order valence-corrected chi connectivity index (χ0v) is 25.7. The topological polar surface area (TPSA) is 162 Å². The number of carbonyl (C=O) groups excluding carboxylic acids is 1. The Morgan fingerprint density at radius 1 is 1.10 bits per heavy atom. The normalized spacial score (nSPS) is 13.0. The number of benzene rings is 1. The SMILES string of the molecule is CCCCC(CC)OC(=O)Nc1ccc(-c2nc3c(N=Nc4n[nH]c(C(C)(C)C)c4C#N)c(C(C)(C)C)[nH]n3n2)cc1. The number of anilines is 1. The number of amides is 1. The van der Waals surface area contributed by atoms with Gasteiger partial charge in [-0.25, -0.2) is 9.78 Å². The van der Waals surface area contributed by atoms with Gasteiger partial charge in [0.25, 0.3) is 0 Å². The molecule has 12 heteroatoms. The molecule has 0 aliphatic carbocycles. The number of hydrogen-bond acceptors (Lipinski definition) is 8. The van der Waals surface area contributed by atoms with Gasteiger partial charge in [-0.05, 0) is 37.1 Å². The van der Waals surface area contributed by atoms with E-state index < -0.39 is 6.09 Å². The largest absolute Gasteiger partial charge is 0.446 e. The summed E-state index contributed by atoms with van der Waals surface area (Å²) in [6, 6.07) is 9.44. The summed E-state index contributed by atoms with van der Waals surface area (Å²) < 4.78 is 7.14. The minimum absolute atomic E-state index is 0.0914. The van der Waals surface area contributed by atoms with E-state index in [1.807, 2.05) is 39.8 Å². The summed E-state index contributed by atoms with van der Waals surface area (Å²) in [5, 5.41) is 36.5. The van der Waals surface area contributed by atoms with Gasteiger partial charge in [0, 0.05) is 22.1 Å². The second kappa shape index (κ2) is 12.1. The van der Waals surface area contributed by atoms with E-state index in [0.717, 1.165) is 36.9 Å². The molecule has 0 fully saturated rings. The van der Waals surface area contributed by atoms with Crippen molar-refractivity contribution in [3.05, 3.63) is 41.2 Å².